The van der Waals surface area contributed by atoms with Crippen LogP contribution in [0.1, 0.15) is 0 Å². The van der Waals surface area contributed by atoms with Gasteiger partial charge >= 0.3 is 0 Å². The molecule has 8 nitrogen and oxygen atoms in total. The van der Waals surface area contributed by atoms with Crippen molar-refractivity contribution in [3.8, 4) is 0 Å². The maximum absolute atomic E-state index is 11.1. The summed E-state index contributed by atoms with van der Waals surface area (Å²) >= 11 is 1.04. The molecule has 17 heavy (non-hydrogen) atoms. The van der Waals surface area contributed by atoms with Crippen LogP contribution in [-0.2, 0) is 7.05 Å². The summed E-state index contributed by atoms with van der Waals surface area (Å²) in [6, 6.07) is 1.28. The van der Waals surface area contributed by atoms with Gasteiger partial charge in [0.2, 0.25) is 0 Å². The Hall–Kier alpha value is -1.68. The average Bonchev–Trinajstić information content (AvgIpc) is 2.61. The standard InChI is InChI=1S/C8H9N5O3S/c1-12-4-10-6(13(15)16)7(12)17-8-9-3-2-5(14)11-8/h2-4,13,15H,1H3,(H,9,11,14). The first-order valence-electron chi connectivity index (χ1n) is 4.55. The van der Waals surface area contributed by atoms with Crippen molar-refractivity contribution in [2.45, 2.75) is 10.2 Å². The molecule has 1 unspecified atom stereocenters. The van der Waals surface area contributed by atoms with Gasteiger partial charge in [-0.3, -0.25) is 4.79 Å². The van der Waals surface area contributed by atoms with Gasteiger partial charge < -0.3 is 14.8 Å². The van der Waals surface area contributed by atoms with Crippen molar-refractivity contribution >= 4 is 17.6 Å². The van der Waals surface area contributed by atoms with E-state index in [0.717, 1.165) is 11.8 Å². The SMILES string of the molecule is Cn1cnc([NH+]([O-])O)c1Sc1nccc(=O)[nH]1. The van der Waals surface area contributed by atoms with Crippen molar-refractivity contribution < 1.29 is 10.4 Å². The number of nitrogens with one attached hydrogen (secondary N) is 2. The number of aromatic nitrogens is 4. The highest BCUT2D eigenvalue weighted by Crippen LogP contribution is 2.27. The van der Waals surface area contributed by atoms with Gasteiger partial charge in [0, 0.05) is 19.3 Å². The molecule has 0 radical (unpaired) electrons. The Bertz CT molecular complexity index is 579. The van der Waals surface area contributed by atoms with E-state index in [9.17, 15) is 10.0 Å². The summed E-state index contributed by atoms with van der Waals surface area (Å²) in [5.74, 6) is -0.0657. The van der Waals surface area contributed by atoms with E-state index in [2.05, 4.69) is 15.0 Å². The van der Waals surface area contributed by atoms with E-state index in [4.69, 9.17) is 5.21 Å². The van der Waals surface area contributed by atoms with Gasteiger partial charge in [0.25, 0.3) is 11.4 Å². The topological polar surface area (TPSA) is 111 Å². The summed E-state index contributed by atoms with van der Waals surface area (Å²) in [4.78, 5) is 21.3. The molecule has 0 aliphatic carbocycles. The lowest BCUT2D eigenvalue weighted by atomic mass is 10.7. The van der Waals surface area contributed by atoms with Crippen molar-refractivity contribution in [1.82, 2.24) is 19.5 Å². The molecule has 0 bridgehead atoms. The fourth-order valence-electron chi connectivity index (χ4n) is 1.18. The molecule has 0 amide bonds. The first-order chi connectivity index (χ1) is 8.08. The van der Waals surface area contributed by atoms with Crippen LogP contribution in [0.4, 0.5) is 5.82 Å². The number of aromatic amines is 1. The van der Waals surface area contributed by atoms with Crippen LogP contribution in [0.2, 0.25) is 0 Å². The van der Waals surface area contributed by atoms with Gasteiger partial charge in [0.05, 0.1) is 0 Å². The van der Waals surface area contributed by atoms with Crippen molar-refractivity contribution in [2.75, 3.05) is 0 Å². The summed E-state index contributed by atoms with van der Waals surface area (Å²) in [6.07, 6.45) is 2.75. The zero-order valence-corrected chi connectivity index (χ0v) is 9.56. The van der Waals surface area contributed by atoms with Crippen molar-refractivity contribution in [1.29, 1.82) is 0 Å². The zero-order valence-electron chi connectivity index (χ0n) is 8.75. The van der Waals surface area contributed by atoms with Crippen LogP contribution in [0.5, 0.6) is 0 Å². The summed E-state index contributed by atoms with van der Waals surface area (Å²) in [6.45, 7) is 0. The van der Waals surface area contributed by atoms with Gasteiger partial charge in [-0.25, -0.2) is 10.2 Å². The fraction of sp³-hybridized carbons (Fsp3) is 0.125. The molecule has 0 saturated heterocycles. The Kier molecular flexibility index (Phi) is 3.24. The number of quaternary nitrogens is 1. The van der Waals surface area contributed by atoms with Crippen molar-refractivity contribution in [3.05, 3.63) is 34.2 Å². The Labute approximate surface area is 99.5 Å². The van der Waals surface area contributed by atoms with Crippen LogP contribution in [0.15, 0.2) is 33.6 Å². The van der Waals surface area contributed by atoms with Gasteiger partial charge in [-0.1, -0.05) is 0 Å². The number of H-pyrrole nitrogens is 1. The van der Waals surface area contributed by atoms with E-state index >= 15 is 0 Å². The van der Waals surface area contributed by atoms with E-state index in [1.54, 1.807) is 11.6 Å². The predicted octanol–water partition coefficient (Wildman–Crippen LogP) is -0.942. The normalized spacial score (nSPS) is 12.6. The Morgan fingerprint density at radius 2 is 2.35 bits per heavy atom. The quantitative estimate of drug-likeness (QED) is 0.482. The molecule has 2 rings (SSSR count). The highest BCUT2D eigenvalue weighted by Gasteiger charge is 2.17. The molecule has 0 saturated carbocycles. The van der Waals surface area contributed by atoms with Gasteiger partial charge in [-0.15, -0.1) is 0 Å². The molecule has 9 heteroatoms. The molecular formula is C8H9N5O3S. The highest BCUT2D eigenvalue weighted by atomic mass is 32.2. The van der Waals surface area contributed by atoms with E-state index in [0.29, 0.717) is 10.2 Å². The zero-order chi connectivity index (χ0) is 12.4. The second-order valence-corrected chi connectivity index (χ2v) is 4.13. The lowest BCUT2D eigenvalue weighted by Crippen LogP contribution is -2.99. The molecule has 0 aliphatic heterocycles. The Morgan fingerprint density at radius 3 is 3.00 bits per heavy atom. The van der Waals surface area contributed by atoms with Gasteiger partial charge in [-0.05, 0) is 11.8 Å². The number of aryl methyl sites for hydroxylation is 1. The summed E-state index contributed by atoms with van der Waals surface area (Å²) < 4.78 is 1.56. The number of rotatable bonds is 3. The van der Waals surface area contributed by atoms with Crippen molar-refractivity contribution in [3.63, 3.8) is 0 Å². The summed E-state index contributed by atoms with van der Waals surface area (Å²) in [5.41, 5.74) is -0.290. The molecule has 3 N–H and O–H groups in total. The second-order valence-electron chi connectivity index (χ2n) is 3.16. The Balaban J connectivity index is 2.36. The minimum absolute atomic E-state index is 0.0657. The van der Waals surface area contributed by atoms with E-state index in [-0.39, 0.29) is 11.4 Å². The Morgan fingerprint density at radius 1 is 1.59 bits per heavy atom. The van der Waals surface area contributed by atoms with Gasteiger partial charge in [0.15, 0.2) is 10.2 Å². The van der Waals surface area contributed by atoms with Gasteiger partial charge in [-0.2, -0.15) is 10.2 Å². The van der Waals surface area contributed by atoms with Crippen LogP contribution < -0.4 is 10.8 Å². The van der Waals surface area contributed by atoms with Crippen LogP contribution in [0.3, 0.4) is 0 Å². The second kappa shape index (κ2) is 4.67. The third-order valence-electron chi connectivity index (χ3n) is 1.93. The summed E-state index contributed by atoms with van der Waals surface area (Å²) in [5, 5.41) is 19.5. The van der Waals surface area contributed by atoms with Crippen LogP contribution >= 0.6 is 11.8 Å². The molecule has 2 aromatic heterocycles. The molecule has 0 fully saturated rings. The first kappa shape index (κ1) is 11.8. The number of hydrogen-bond acceptors (Lipinski definition) is 6. The molecule has 0 aromatic carbocycles. The van der Waals surface area contributed by atoms with Gasteiger partial charge in [0.1, 0.15) is 6.33 Å². The molecular weight excluding hydrogens is 246 g/mol. The maximum atomic E-state index is 11.1. The third kappa shape index (κ3) is 2.53. The minimum atomic E-state index is -1.12. The monoisotopic (exact) mass is 255 g/mol. The van der Waals surface area contributed by atoms with E-state index in [1.165, 1.54) is 18.6 Å². The smallest absolute Gasteiger partial charge is 0.291 e. The number of nitrogens with zero attached hydrogens (tertiary/aromatic N) is 3. The lowest BCUT2D eigenvalue weighted by Gasteiger charge is -2.10. The van der Waals surface area contributed by atoms with E-state index in [1.807, 2.05) is 0 Å². The first-order valence-corrected chi connectivity index (χ1v) is 5.37. The minimum Gasteiger partial charge on any atom is -0.594 e. The highest BCUT2D eigenvalue weighted by molar-refractivity contribution is 7.99. The number of imidazole rings is 1. The van der Waals surface area contributed by atoms with Crippen LogP contribution in [0.25, 0.3) is 0 Å². The summed E-state index contributed by atoms with van der Waals surface area (Å²) in [7, 11) is 1.67. The van der Waals surface area contributed by atoms with Crippen LogP contribution in [-0.4, -0.2) is 24.7 Å². The molecule has 0 spiro atoms. The van der Waals surface area contributed by atoms with E-state index < -0.39 is 5.23 Å². The molecule has 2 heterocycles. The fourth-order valence-corrected chi connectivity index (χ4v) is 2.06. The lowest BCUT2D eigenvalue weighted by molar-refractivity contribution is -0.994. The average molecular weight is 255 g/mol. The maximum Gasteiger partial charge on any atom is 0.291 e. The predicted molar refractivity (Wildman–Crippen MR) is 58.0 cm³/mol. The third-order valence-corrected chi connectivity index (χ3v) is 3.00. The number of hydrogen-bond donors (Lipinski definition) is 3. The molecule has 2 aromatic rings. The largest absolute Gasteiger partial charge is 0.594 e. The molecule has 1 atom stereocenters. The molecule has 90 valence electrons. The van der Waals surface area contributed by atoms with Crippen LogP contribution in [0, 0.1) is 5.21 Å². The van der Waals surface area contributed by atoms with Crippen molar-refractivity contribution in [2.24, 2.45) is 7.05 Å². The molecule has 0 aliphatic rings.